The van der Waals surface area contributed by atoms with Gasteiger partial charge in [-0.15, -0.1) is 0 Å². The van der Waals surface area contributed by atoms with E-state index in [4.69, 9.17) is 5.26 Å². The van der Waals surface area contributed by atoms with Gasteiger partial charge in [-0.1, -0.05) is 11.8 Å². The van der Waals surface area contributed by atoms with Crippen molar-refractivity contribution in [2.24, 2.45) is 0 Å². The van der Waals surface area contributed by atoms with Crippen LogP contribution in [0.2, 0.25) is 0 Å². The highest BCUT2D eigenvalue weighted by Gasteiger charge is 2.12. The third-order valence-electron chi connectivity index (χ3n) is 2.08. The number of hydrogen-bond acceptors (Lipinski definition) is 3. The maximum Gasteiger partial charge on any atom is 0.152 e. The van der Waals surface area contributed by atoms with Gasteiger partial charge in [-0.05, 0) is 56.1 Å². The third-order valence-corrected chi connectivity index (χ3v) is 4.31. The Kier molecular flexibility index (Phi) is 4.38. The van der Waals surface area contributed by atoms with Crippen molar-refractivity contribution < 1.29 is 4.39 Å². The second-order valence-electron chi connectivity index (χ2n) is 3.27. The van der Waals surface area contributed by atoms with Crippen LogP contribution in [0.1, 0.15) is 5.56 Å². The summed E-state index contributed by atoms with van der Waals surface area (Å²) in [5, 5.41) is 9.47. The summed E-state index contributed by atoms with van der Waals surface area (Å²) in [6.45, 7) is 0. The number of benzene rings is 1. The Labute approximate surface area is 124 Å². The summed E-state index contributed by atoms with van der Waals surface area (Å²) in [5.41, 5.74) is 0.278. The Morgan fingerprint density at radius 2 is 2.00 bits per heavy atom. The first-order valence-corrected chi connectivity index (χ1v) is 7.19. The fourth-order valence-corrected chi connectivity index (χ4v) is 2.83. The molecular formula is C12H5Br2FN2S. The van der Waals surface area contributed by atoms with Crippen molar-refractivity contribution >= 4 is 43.6 Å². The molecule has 0 unspecified atom stereocenters. The smallest absolute Gasteiger partial charge is 0.152 e. The zero-order chi connectivity index (χ0) is 13.1. The largest absolute Gasteiger partial charge is 0.248 e. The number of nitriles is 1. The quantitative estimate of drug-likeness (QED) is 0.744. The predicted molar refractivity (Wildman–Crippen MR) is 74.9 cm³/mol. The summed E-state index contributed by atoms with van der Waals surface area (Å²) < 4.78 is 15.0. The van der Waals surface area contributed by atoms with Crippen LogP contribution in [-0.2, 0) is 0 Å². The molecule has 90 valence electrons. The van der Waals surface area contributed by atoms with Crippen LogP contribution >= 0.6 is 43.6 Å². The average molecular weight is 388 g/mol. The SMILES string of the molecule is N#Cc1ccc(Sc2ccc(Br)cn2)c(F)c1Br. The monoisotopic (exact) mass is 386 g/mol. The average Bonchev–Trinajstić information content (AvgIpc) is 2.38. The first-order valence-electron chi connectivity index (χ1n) is 4.79. The summed E-state index contributed by atoms with van der Waals surface area (Å²) in [6, 6.07) is 8.70. The van der Waals surface area contributed by atoms with Crippen molar-refractivity contribution in [3.8, 4) is 6.07 Å². The summed E-state index contributed by atoms with van der Waals surface area (Å²) in [4.78, 5) is 4.58. The Morgan fingerprint density at radius 3 is 2.61 bits per heavy atom. The van der Waals surface area contributed by atoms with Crippen LogP contribution in [0.4, 0.5) is 4.39 Å². The lowest BCUT2D eigenvalue weighted by atomic mass is 10.2. The van der Waals surface area contributed by atoms with E-state index in [1.54, 1.807) is 24.4 Å². The third kappa shape index (κ3) is 2.91. The lowest BCUT2D eigenvalue weighted by molar-refractivity contribution is 0.594. The molecule has 0 aliphatic carbocycles. The van der Waals surface area contributed by atoms with Crippen LogP contribution in [-0.4, -0.2) is 4.98 Å². The Morgan fingerprint density at radius 1 is 1.22 bits per heavy atom. The van der Waals surface area contributed by atoms with Crippen molar-refractivity contribution in [3.05, 3.63) is 50.8 Å². The van der Waals surface area contributed by atoms with E-state index in [0.29, 0.717) is 9.92 Å². The van der Waals surface area contributed by atoms with Gasteiger partial charge in [0.2, 0.25) is 0 Å². The molecule has 0 atom stereocenters. The molecule has 0 saturated heterocycles. The standard InChI is InChI=1S/C12H5Br2FN2S/c13-8-2-4-10(17-6-8)18-9-3-1-7(5-16)11(14)12(9)15/h1-4,6H. The van der Waals surface area contributed by atoms with Crippen LogP contribution in [0.15, 0.2) is 49.3 Å². The first-order chi connectivity index (χ1) is 8.61. The highest BCUT2D eigenvalue weighted by Crippen LogP contribution is 2.33. The Hall–Kier alpha value is -0.900. The summed E-state index contributed by atoms with van der Waals surface area (Å²) in [6.07, 6.45) is 1.65. The fourth-order valence-electron chi connectivity index (χ4n) is 1.23. The molecule has 0 spiro atoms. The van der Waals surface area contributed by atoms with E-state index in [9.17, 15) is 4.39 Å². The maximum absolute atomic E-state index is 14.0. The number of nitrogens with zero attached hydrogens (tertiary/aromatic N) is 2. The van der Waals surface area contributed by atoms with E-state index in [2.05, 4.69) is 36.8 Å². The zero-order valence-electron chi connectivity index (χ0n) is 8.82. The molecule has 0 amide bonds. The van der Waals surface area contributed by atoms with Gasteiger partial charge in [0.05, 0.1) is 14.9 Å². The number of aromatic nitrogens is 1. The van der Waals surface area contributed by atoms with Crippen molar-refractivity contribution in [2.45, 2.75) is 9.92 Å². The minimum absolute atomic E-state index is 0.187. The topological polar surface area (TPSA) is 36.7 Å². The van der Waals surface area contributed by atoms with Gasteiger partial charge in [0.25, 0.3) is 0 Å². The van der Waals surface area contributed by atoms with Gasteiger partial charge in [-0.25, -0.2) is 9.37 Å². The molecule has 1 aromatic heterocycles. The van der Waals surface area contributed by atoms with Gasteiger partial charge in [-0.3, -0.25) is 0 Å². The summed E-state index contributed by atoms with van der Waals surface area (Å²) in [5.74, 6) is -0.441. The van der Waals surface area contributed by atoms with Gasteiger partial charge in [0, 0.05) is 10.7 Å². The molecule has 18 heavy (non-hydrogen) atoms. The van der Waals surface area contributed by atoms with E-state index in [1.165, 1.54) is 11.8 Å². The van der Waals surface area contributed by atoms with Crippen LogP contribution in [0.5, 0.6) is 0 Å². The minimum Gasteiger partial charge on any atom is -0.248 e. The van der Waals surface area contributed by atoms with E-state index in [1.807, 2.05) is 12.1 Å². The molecular weight excluding hydrogens is 383 g/mol. The summed E-state index contributed by atoms with van der Waals surface area (Å²) >= 11 is 7.57. The van der Waals surface area contributed by atoms with Crippen LogP contribution in [0.3, 0.4) is 0 Å². The maximum atomic E-state index is 14.0. The molecule has 1 heterocycles. The van der Waals surface area contributed by atoms with E-state index >= 15 is 0 Å². The molecule has 0 saturated carbocycles. The van der Waals surface area contributed by atoms with Crippen molar-refractivity contribution in [2.75, 3.05) is 0 Å². The Balaban J connectivity index is 2.33. The molecule has 2 nitrogen and oxygen atoms in total. The van der Waals surface area contributed by atoms with Gasteiger partial charge in [-0.2, -0.15) is 5.26 Å². The van der Waals surface area contributed by atoms with Gasteiger partial charge in [0.1, 0.15) is 11.1 Å². The van der Waals surface area contributed by atoms with E-state index in [-0.39, 0.29) is 10.0 Å². The van der Waals surface area contributed by atoms with E-state index in [0.717, 1.165) is 4.47 Å². The predicted octanol–water partition coefficient (Wildman–Crippen LogP) is 4.77. The zero-order valence-corrected chi connectivity index (χ0v) is 12.8. The van der Waals surface area contributed by atoms with Crippen LogP contribution in [0, 0.1) is 17.1 Å². The van der Waals surface area contributed by atoms with Gasteiger partial charge in [0.15, 0.2) is 5.82 Å². The number of pyridine rings is 1. The molecule has 6 heteroatoms. The number of rotatable bonds is 2. The molecule has 1 aromatic carbocycles. The van der Waals surface area contributed by atoms with Crippen molar-refractivity contribution in [3.63, 3.8) is 0 Å². The highest BCUT2D eigenvalue weighted by molar-refractivity contribution is 9.10. The summed E-state index contributed by atoms with van der Waals surface area (Å²) in [7, 11) is 0. The lowest BCUT2D eigenvalue weighted by Gasteiger charge is -2.05. The molecule has 0 fully saturated rings. The second kappa shape index (κ2) is 5.83. The van der Waals surface area contributed by atoms with Crippen molar-refractivity contribution in [1.29, 1.82) is 5.26 Å². The van der Waals surface area contributed by atoms with Gasteiger partial charge >= 0.3 is 0 Å². The normalized spacial score (nSPS) is 10.1. The molecule has 0 aliphatic heterocycles. The fraction of sp³-hybridized carbons (Fsp3) is 0. The van der Waals surface area contributed by atoms with Crippen LogP contribution in [0.25, 0.3) is 0 Å². The number of hydrogen-bond donors (Lipinski definition) is 0. The molecule has 2 rings (SSSR count). The molecule has 2 aromatic rings. The molecule has 0 N–H and O–H groups in total. The van der Waals surface area contributed by atoms with Crippen molar-refractivity contribution in [1.82, 2.24) is 4.98 Å². The molecule has 0 radical (unpaired) electrons. The molecule has 0 aliphatic rings. The first kappa shape index (κ1) is 13.5. The Bertz CT molecular complexity index is 623. The highest BCUT2D eigenvalue weighted by atomic mass is 79.9. The lowest BCUT2D eigenvalue weighted by Crippen LogP contribution is -1.88. The number of halogens is 3. The van der Waals surface area contributed by atoms with Crippen LogP contribution < -0.4 is 0 Å². The van der Waals surface area contributed by atoms with E-state index < -0.39 is 5.82 Å². The van der Waals surface area contributed by atoms with Gasteiger partial charge < -0.3 is 0 Å². The molecule has 0 bridgehead atoms. The second-order valence-corrected chi connectivity index (χ2v) is 6.04. The minimum atomic E-state index is -0.441.